The molecule has 3 fully saturated rings. The minimum Gasteiger partial charge on any atom is -0.328 e. The largest absolute Gasteiger partial charge is 0.328 e. The molecular weight excluding hydrogens is 431 g/mol. The zero-order chi connectivity index (χ0) is 23.0. The number of benzene rings is 2. The van der Waals surface area contributed by atoms with Crippen molar-refractivity contribution in [1.82, 2.24) is 9.62 Å². The molecule has 2 saturated heterocycles. The lowest BCUT2D eigenvalue weighted by Gasteiger charge is -2.57. The summed E-state index contributed by atoms with van der Waals surface area (Å²) < 4.78 is 43.0. The van der Waals surface area contributed by atoms with Crippen LogP contribution in [0.25, 0.3) is 11.1 Å². The van der Waals surface area contributed by atoms with E-state index in [9.17, 15) is 18.0 Å². The van der Waals surface area contributed by atoms with Crippen LogP contribution in [0.15, 0.2) is 48.5 Å². The Morgan fingerprint density at radius 3 is 2.41 bits per heavy atom. The Morgan fingerprint density at radius 1 is 1.09 bits per heavy atom. The van der Waals surface area contributed by atoms with E-state index in [4.69, 9.17) is 0 Å². The van der Waals surface area contributed by atoms with Gasteiger partial charge in [0.1, 0.15) is 5.82 Å². The quantitative estimate of drug-likeness (QED) is 0.647. The monoisotopic (exact) mass is 458 g/mol. The molecule has 3 aliphatic rings. The van der Waals surface area contributed by atoms with Gasteiger partial charge in [-0.05, 0) is 43.2 Å². The number of ketones is 1. The molecule has 2 atom stereocenters. The number of amides is 1. The number of nitrogens with one attached hydrogen (secondary N) is 1. The Morgan fingerprint density at radius 2 is 1.78 bits per heavy atom. The maximum atomic E-state index is 15.5. The van der Waals surface area contributed by atoms with E-state index in [1.807, 2.05) is 30.3 Å². The van der Waals surface area contributed by atoms with Crippen LogP contribution in [-0.4, -0.2) is 48.9 Å². The minimum atomic E-state index is -3.55. The Kier molecular flexibility index (Phi) is 6.18. The number of sulfonamides is 1. The lowest BCUT2D eigenvalue weighted by molar-refractivity contribution is -0.156. The average molecular weight is 459 g/mol. The smallest absolute Gasteiger partial charge is 0.290 e. The van der Waals surface area contributed by atoms with E-state index < -0.39 is 39.6 Å². The van der Waals surface area contributed by atoms with Gasteiger partial charge in [0.05, 0.1) is 11.8 Å². The molecule has 0 unspecified atom stereocenters. The number of halogens is 1. The zero-order valence-corrected chi connectivity index (χ0v) is 18.9. The van der Waals surface area contributed by atoms with E-state index in [-0.39, 0.29) is 24.1 Å². The highest BCUT2D eigenvalue weighted by atomic mass is 32.2. The summed E-state index contributed by atoms with van der Waals surface area (Å²) in [6.07, 6.45) is 1.40. The fourth-order valence-electron chi connectivity index (χ4n) is 4.90. The summed E-state index contributed by atoms with van der Waals surface area (Å²) in [5.41, 5.74) is 1.57. The highest BCUT2D eigenvalue weighted by Crippen LogP contribution is 2.44. The molecule has 6 nitrogen and oxygen atoms in total. The summed E-state index contributed by atoms with van der Waals surface area (Å²) in [5, 5.41) is 0. The van der Waals surface area contributed by atoms with Crippen molar-refractivity contribution in [3.8, 4) is 11.1 Å². The summed E-state index contributed by atoms with van der Waals surface area (Å²) in [7, 11) is -3.55. The van der Waals surface area contributed by atoms with Gasteiger partial charge < -0.3 is 4.90 Å². The van der Waals surface area contributed by atoms with Crippen LogP contribution in [0, 0.1) is 11.7 Å². The first-order valence-corrected chi connectivity index (χ1v) is 12.5. The van der Waals surface area contributed by atoms with E-state index in [0.717, 1.165) is 5.56 Å². The Bertz CT molecular complexity index is 1130. The molecule has 0 aromatic heterocycles. The van der Waals surface area contributed by atoms with Crippen molar-refractivity contribution in [2.24, 2.45) is 5.92 Å². The van der Waals surface area contributed by atoms with Gasteiger partial charge in [-0.25, -0.2) is 17.5 Å². The Hall–Kier alpha value is -2.58. The second-order valence-corrected chi connectivity index (χ2v) is 10.7. The molecule has 8 heteroatoms. The Balaban J connectivity index is 1.72. The maximum Gasteiger partial charge on any atom is 0.290 e. The van der Waals surface area contributed by atoms with Crippen molar-refractivity contribution in [3.05, 3.63) is 59.9 Å². The van der Waals surface area contributed by atoms with Crippen LogP contribution >= 0.6 is 0 Å². The topological polar surface area (TPSA) is 83.6 Å². The van der Waals surface area contributed by atoms with Crippen molar-refractivity contribution in [1.29, 1.82) is 0 Å². The molecule has 2 aromatic rings. The van der Waals surface area contributed by atoms with Crippen molar-refractivity contribution < 1.29 is 22.4 Å². The molecule has 5 rings (SSSR count). The van der Waals surface area contributed by atoms with Crippen molar-refractivity contribution in [2.75, 3.05) is 5.75 Å². The molecule has 1 saturated carbocycles. The van der Waals surface area contributed by atoms with Gasteiger partial charge in [-0.15, -0.1) is 0 Å². The van der Waals surface area contributed by atoms with Gasteiger partial charge in [-0.3, -0.25) is 9.59 Å². The second-order valence-electron chi connectivity index (χ2n) is 8.62. The van der Waals surface area contributed by atoms with Gasteiger partial charge >= 0.3 is 0 Å². The summed E-state index contributed by atoms with van der Waals surface area (Å²) >= 11 is 0. The summed E-state index contributed by atoms with van der Waals surface area (Å²) in [5.74, 6) is -1.67. The van der Waals surface area contributed by atoms with E-state index in [1.165, 1.54) is 11.8 Å². The van der Waals surface area contributed by atoms with Crippen molar-refractivity contribution in [2.45, 2.75) is 51.2 Å². The highest BCUT2D eigenvalue weighted by molar-refractivity contribution is 7.89. The second kappa shape index (κ2) is 8.75. The van der Waals surface area contributed by atoms with Crippen molar-refractivity contribution >= 4 is 21.7 Å². The summed E-state index contributed by atoms with van der Waals surface area (Å²) in [6.45, 7) is 2.76. The lowest BCUT2D eigenvalue weighted by Crippen LogP contribution is -2.71. The van der Waals surface area contributed by atoms with E-state index in [2.05, 4.69) is 4.72 Å². The molecule has 1 aliphatic carbocycles. The van der Waals surface area contributed by atoms with Gasteiger partial charge in [0.2, 0.25) is 15.8 Å². The maximum absolute atomic E-state index is 15.5. The third kappa shape index (κ3) is 4.21. The van der Waals surface area contributed by atoms with Crippen LogP contribution < -0.4 is 4.72 Å². The molecule has 170 valence electrons. The molecule has 2 bridgehead atoms. The molecule has 2 aromatic carbocycles. The number of Topliss-reactive ketones (excluding diaryl/α,β-unsaturated/α-hetero) is 1. The van der Waals surface area contributed by atoms with Crippen LogP contribution in [0.3, 0.4) is 0 Å². The van der Waals surface area contributed by atoms with Crippen molar-refractivity contribution in [3.63, 3.8) is 0 Å². The molecule has 32 heavy (non-hydrogen) atoms. The number of hydrogen-bond acceptors (Lipinski definition) is 4. The first-order valence-electron chi connectivity index (χ1n) is 10.9. The Labute approximate surface area is 187 Å². The third-order valence-electron chi connectivity index (χ3n) is 6.65. The van der Waals surface area contributed by atoms with E-state index in [0.29, 0.717) is 24.0 Å². The minimum absolute atomic E-state index is 0.0581. The average Bonchev–Trinajstić information content (AvgIpc) is 2.74. The van der Waals surface area contributed by atoms with E-state index in [1.54, 1.807) is 25.1 Å². The number of rotatable bonds is 7. The highest BCUT2D eigenvalue weighted by Gasteiger charge is 2.53. The van der Waals surface area contributed by atoms with E-state index >= 15 is 4.39 Å². The standard InChI is InChI=1S/C24H27FN2O4S/c1-3-32(30,31)26-23-18-12-19(13-18)27(24(29)15(2)28)21(23)14-17-10-7-11-20(22(17)25)16-8-5-4-6-9-16/h4-11,18-19,21,23,26H,3,12-14H2,1-2H3/t18?,19?,21-,23-/m0/s1. The molecular formula is C24H27FN2O4S. The first kappa shape index (κ1) is 22.6. The molecule has 0 spiro atoms. The number of piperidine rings is 2. The third-order valence-corrected chi connectivity index (χ3v) is 8.04. The predicted octanol–water partition coefficient (Wildman–Crippen LogP) is 2.92. The number of nitrogens with zero attached hydrogens (tertiary/aromatic N) is 1. The SMILES string of the molecule is CCS(=O)(=O)N[C@H]1C2CC(C2)N(C(=O)C(C)=O)[C@H]1Cc1cccc(-c2ccccc2)c1F. The predicted molar refractivity (Wildman–Crippen MR) is 120 cm³/mol. The van der Waals surface area contributed by atoms with Crippen LogP contribution in [0.4, 0.5) is 4.39 Å². The molecule has 0 radical (unpaired) electrons. The lowest BCUT2D eigenvalue weighted by atomic mass is 9.66. The van der Waals surface area contributed by atoms with Gasteiger partial charge in [0.15, 0.2) is 0 Å². The number of fused-ring (bicyclic) bond motifs is 2. The molecule has 2 aliphatic heterocycles. The van der Waals surface area contributed by atoms with Crippen LogP contribution in [0.1, 0.15) is 32.3 Å². The molecule has 1 N–H and O–H groups in total. The van der Waals surface area contributed by atoms with Gasteiger partial charge in [0.25, 0.3) is 5.91 Å². The normalized spacial score (nSPS) is 24.7. The summed E-state index contributed by atoms with van der Waals surface area (Å²) in [4.78, 5) is 26.2. The van der Waals surface area contributed by atoms with Crippen LogP contribution in [0.2, 0.25) is 0 Å². The first-order chi connectivity index (χ1) is 15.2. The van der Waals surface area contributed by atoms with Gasteiger partial charge in [-0.2, -0.15) is 0 Å². The number of hydrogen-bond donors (Lipinski definition) is 1. The number of carbonyl (C=O) groups is 2. The van der Waals surface area contributed by atoms with Crippen LogP contribution in [0.5, 0.6) is 0 Å². The molecule has 2 heterocycles. The van der Waals surface area contributed by atoms with Crippen LogP contribution in [-0.2, 0) is 26.0 Å². The van der Waals surface area contributed by atoms with Gasteiger partial charge in [-0.1, -0.05) is 48.5 Å². The summed E-state index contributed by atoms with van der Waals surface area (Å²) in [6, 6.07) is 13.0. The fraction of sp³-hybridized carbons (Fsp3) is 0.417. The fourth-order valence-corrected chi connectivity index (χ4v) is 5.83. The van der Waals surface area contributed by atoms with Gasteiger partial charge in [0, 0.05) is 24.6 Å². The number of carbonyl (C=O) groups excluding carboxylic acids is 2. The molecule has 1 amide bonds. The zero-order valence-electron chi connectivity index (χ0n) is 18.1.